The summed E-state index contributed by atoms with van der Waals surface area (Å²) in [4.78, 5) is 26.5. The molecule has 3 aromatic carbocycles. The first-order valence-electron chi connectivity index (χ1n) is 12.1. The number of ether oxygens (including phenoxy) is 1. The Balaban J connectivity index is 0.00000289. The van der Waals surface area contributed by atoms with Gasteiger partial charge in [-0.25, -0.2) is 4.79 Å². The molecule has 5 nitrogen and oxygen atoms in total. The number of Topliss-reactive ketones (excluding diaryl/α,β-unsaturated/α-hetero) is 1. The van der Waals surface area contributed by atoms with Crippen molar-refractivity contribution in [1.29, 1.82) is 0 Å². The molecule has 0 spiro atoms. The van der Waals surface area contributed by atoms with Gasteiger partial charge in [-0.05, 0) is 17.7 Å². The minimum atomic E-state index is -0.585. The highest BCUT2D eigenvalue weighted by Gasteiger charge is 2.49. The minimum absolute atomic E-state index is 0. The van der Waals surface area contributed by atoms with Crippen molar-refractivity contribution in [3.05, 3.63) is 102 Å². The Bertz CT molecular complexity index is 1110. The van der Waals surface area contributed by atoms with Crippen LogP contribution in [-0.2, 0) is 9.53 Å². The number of hydrogen-bond acceptors (Lipinski definition) is 4. The zero-order valence-electron chi connectivity index (χ0n) is 19.3. The number of benzene rings is 3. The van der Waals surface area contributed by atoms with E-state index in [1.807, 2.05) is 91.0 Å². The molecule has 0 radical (unpaired) electrons. The average molecular weight is 472 g/mol. The van der Waals surface area contributed by atoms with Gasteiger partial charge in [0.15, 0.2) is 12.1 Å². The van der Waals surface area contributed by atoms with Crippen LogP contribution in [0, 0.1) is 5.92 Å². The fourth-order valence-corrected chi connectivity index (χ4v) is 5.44. The van der Waals surface area contributed by atoms with Gasteiger partial charge in [0.25, 0.3) is 0 Å². The maximum atomic E-state index is 13.5. The summed E-state index contributed by atoms with van der Waals surface area (Å²) in [5.41, 5.74) is 2.51. The summed E-state index contributed by atoms with van der Waals surface area (Å²) in [6.07, 6.45) is 1.81. The van der Waals surface area contributed by atoms with Crippen LogP contribution >= 0.6 is 0 Å². The van der Waals surface area contributed by atoms with Crippen molar-refractivity contribution in [2.45, 2.75) is 32.4 Å². The fraction of sp³-hybridized carbons (Fsp3) is 0.333. The van der Waals surface area contributed by atoms with Gasteiger partial charge in [0.2, 0.25) is 5.78 Å². The molecule has 35 heavy (non-hydrogen) atoms. The van der Waals surface area contributed by atoms with Crippen molar-refractivity contribution in [2.24, 2.45) is 5.92 Å². The number of ketones is 1. The lowest BCUT2D eigenvalue weighted by molar-refractivity contribution is -0.938. The molecule has 1 N–H and O–H groups in total. The number of esters is 1. The third-order valence-corrected chi connectivity index (χ3v) is 7.34. The Morgan fingerprint density at radius 3 is 2.06 bits per heavy atom. The van der Waals surface area contributed by atoms with Crippen molar-refractivity contribution in [3.8, 4) is 0 Å². The van der Waals surface area contributed by atoms with E-state index < -0.39 is 6.04 Å². The van der Waals surface area contributed by atoms with Crippen LogP contribution in [0.3, 0.4) is 0 Å². The van der Waals surface area contributed by atoms with Crippen LogP contribution in [0.2, 0.25) is 0 Å². The Morgan fingerprint density at radius 2 is 1.43 bits per heavy atom. The highest BCUT2D eigenvalue weighted by atomic mass is 16.5. The van der Waals surface area contributed by atoms with Gasteiger partial charge < -0.3 is 14.5 Å². The van der Waals surface area contributed by atoms with E-state index in [-0.39, 0.29) is 25.3 Å². The van der Waals surface area contributed by atoms with Crippen LogP contribution < -0.4 is 5.32 Å². The highest BCUT2D eigenvalue weighted by molar-refractivity contribution is 5.97. The zero-order valence-corrected chi connectivity index (χ0v) is 19.3. The Labute approximate surface area is 208 Å². The topological polar surface area (TPSA) is 55.4 Å². The lowest BCUT2D eigenvalue weighted by Gasteiger charge is -2.51. The van der Waals surface area contributed by atoms with Gasteiger partial charge in [-0.1, -0.05) is 86.3 Å². The summed E-state index contributed by atoms with van der Waals surface area (Å²) in [5.74, 6) is 0.268. The van der Waals surface area contributed by atoms with Crippen molar-refractivity contribution in [3.63, 3.8) is 0 Å². The number of carbonyl (C=O) groups excluding carboxylic acids is 2. The van der Waals surface area contributed by atoms with Crippen LogP contribution in [0.25, 0.3) is 0 Å². The number of para-hydroxylation sites is 1. The van der Waals surface area contributed by atoms with Crippen molar-refractivity contribution < 1.29 is 18.8 Å². The Morgan fingerprint density at radius 1 is 0.857 bits per heavy atom. The molecule has 0 aliphatic carbocycles. The second-order valence-corrected chi connectivity index (χ2v) is 9.59. The van der Waals surface area contributed by atoms with Crippen molar-refractivity contribution in [1.82, 2.24) is 0 Å². The first-order valence-corrected chi connectivity index (χ1v) is 12.1. The second-order valence-electron chi connectivity index (χ2n) is 9.59. The molecule has 0 aromatic heterocycles. The number of nitrogens with zero attached hydrogens (tertiary/aromatic N) is 1. The first-order chi connectivity index (χ1) is 16.6. The molecule has 0 unspecified atom stereocenters. The molecular formula is C30H35N2O3+. The molecule has 182 valence electrons. The smallest absolute Gasteiger partial charge is 0.333 e. The fourth-order valence-electron chi connectivity index (χ4n) is 5.44. The molecule has 3 aromatic rings. The predicted octanol–water partition coefficient (Wildman–Crippen LogP) is 5.51. The summed E-state index contributed by atoms with van der Waals surface area (Å²) in [6.45, 7) is 3.13. The lowest BCUT2D eigenvalue weighted by atomic mass is 9.82. The molecule has 2 atom stereocenters. The van der Waals surface area contributed by atoms with Crippen LogP contribution in [0.15, 0.2) is 91.0 Å². The molecule has 3 saturated heterocycles. The predicted molar refractivity (Wildman–Crippen MR) is 139 cm³/mol. The molecule has 5 heteroatoms. The molecule has 0 saturated carbocycles. The summed E-state index contributed by atoms with van der Waals surface area (Å²) in [5, 5.41) is 3.36. The summed E-state index contributed by atoms with van der Waals surface area (Å²) in [7, 11) is 0. The van der Waals surface area contributed by atoms with Gasteiger partial charge in [-0.3, -0.25) is 4.79 Å². The van der Waals surface area contributed by atoms with Gasteiger partial charge in [-0.2, -0.15) is 0 Å². The number of anilines is 1. The number of fused-ring (bicyclic) bond motifs is 3. The van der Waals surface area contributed by atoms with E-state index in [0.29, 0.717) is 23.5 Å². The highest BCUT2D eigenvalue weighted by Crippen LogP contribution is 2.36. The van der Waals surface area contributed by atoms with Gasteiger partial charge >= 0.3 is 5.97 Å². The van der Waals surface area contributed by atoms with E-state index in [2.05, 4.69) is 5.32 Å². The van der Waals surface area contributed by atoms with Gasteiger partial charge in [0, 0.05) is 30.0 Å². The Hall–Kier alpha value is -3.44. The average Bonchev–Trinajstić information content (AvgIpc) is 2.89. The third kappa shape index (κ3) is 5.63. The first kappa shape index (κ1) is 24.7. The third-order valence-electron chi connectivity index (χ3n) is 7.34. The maximum absolute atomic E-state index is 13.5. The van der Waals surface area contributed by atoms with Crippen LogP contribution in [0.4, 0.5) is 5.69 Å². The molecule has 3 aliphatic rings. The summed E-state index contributed by atoms with van der Waals surface area (Å²) in [6, 6.07) is 28.4. The SMILES string of the molecule is C.O=C(C[N+]12CCC(CC1)[C@@H](OC(=O)[C@@H](Nc1ccccc1)c1ccccc1)C2)c1ccccc1. The maximum Gasteiger partial charge on any atom is 0.333 e. The normalized spacial score (nSPS) is 23.5. The Kier molecular flexibility index (Phi) is 7.67. The number of piperidine rings is 3. The molecule has 2 bridgehead atoms. The molecule has 3 heterocycles. The molecule has 6 rings (SSSR count). The largest absolute Gasteiger partial charge is 0.454 e. The van der Waals surface area contributed by atoms with Gasteiger partial charge in [0.05, 0.1) is 13.1 Å². The van der Waals surface area contributed by atoms with E-state index in [1.165, 1.54) is 0 Å². The van der Waals surface area contributed by atoms with Crippen LogP contribution in [0.5, 0.6) is 0 Å². The monoisotopic (exact) mass is 471 g/mol. The van der Waals surface area contributed by atoms with Gasteiger partial charge in [0.1, 0.15) is 13.1 Å². The summed E-state index contributed by atoms with van der Waals surface area (Å²) < 4.78 is 6.91. The van der Waals surface area contributed by atoms with E-state index >= 15 is 0 Å². The van der Waals surface area contributed by atoms with Crippen LogP contribution in [0.1, 0.15) is 42.2 Å². The quantitative estimate of drug-likeness (QED) is 0.267. The number of nitrogens with one attached hydrogen (secondary N) is 1. The van der Waals surface area contributed by atoms with E-state index in [9.17, 15) is 9.59 Å². The molecule has 3 fully saturated rings. The zero-order chi connectivity index (χ0) is 23.4. The number of carbonyl (C=O) groups is 2. The molecule has 3 aliphatic heterocycles. The van der Waals surface area contributed by atoms with E-state index in [4.69, 9.17) is 4.74 Å². The lowest BCUT2D eigenvalue weighted by Crippen LogP contribution is -2.65. The number of quaternary nitrogens is 1. The van der Waals surface area contributed by atoms with E-state index in [0.717, 1.165) is 42.7 Å². The minimum Gasteiger partial charge on any atom is -0.454 e. The summed E-state index contributed by atoms with van der Waals surface area (Å²) >= 11 is 0. The molecule has 0 amide bonds. The number of hydrogen-bond donors (Lipinski definition) is 1. The molecular weight excluding hydrogens is 436 g/mol. The number of rotatable bonds is 8. The van der Waals surface area contributed by atoms with Gasteiger partial charge in [-0.15, -0.1) is 0 Å². The standard InChI is InChI=1S/C29H31N2O3.CH4/c32-26(22-10-4-1-5-11-22)20-31-18-16-23(17-19-31)27(21-31)34-29(33)28(24-12-6-2-7-13-24)30-25-14-8-3-9-15-25;/h1-15,23,27-28,30H,16-21H2;1H4/q+1;/t23?,27-,28-,31?;/m0./s1. The van der Waals surface area contributed by atoms with Crippen molar-refractivity contribution >= 4 is 17.4 Å². The van der Waals surface area contributed by atoms with Crippen LogP contribution in [-0.4, -0.2) is 48.5 Å². The van der Waals surface area contributed by atoms with E-state index in [1.54, 1.807) is 0 Å². The second kappa shape index (κ2) is 10.9. The van der Waals surface area contributed by atoms with Crippen molar-refractivity contribution in [2.75, 3.05) is 31.5 Å².